The Morgan fingerprint density at radius 1 is 1.38 bits per heavy atom. The summed E-state index contributed by atoms with van der Waals surface area (Å²) in [5.41, 5.74) is 0.752. The molecule has 0 heterocycles. The lowest BCUT2D eigenvalue weighted by molar-refractivity contribution is 0.0921. The van der Waals surface area contributed by atoms with E-state index < -0.39 is 0 Å². The molecule has 1 fully saturated rings. The Morgan fingerprint density at radius 3 is 2.62 bits per heavy atom. The van der Waals surface area contributed by atoms with Crippen LogP contribution in [0.1, 0.15) is 56.3 Å². The largest absolute Gasteiger partial charge is 0.351 e. The summed E-state index contributed by atoms with van der Waals surface area (Å²) in [5.74, 6) is 0.171. The van der Waals surface area contributed by atoms with Gasteiger partial charge < -0.3 is 5.32 Å². The van der Waals surface area contributed by atoms with Gasteiger partial charge in [-0.15, -0.1) is 0 Å². The van der Waals surface area contributed by atoms with Gasteiger partial charge in [-0.05, 0) is 64.7 Å². The van der Waals surface area contributed by atoms with Crippen molar-refractivity contribution < 1.29 is 9.18 Å². The maximum Gasteiger partial charge on any atom is 0.251 e. The van der Waals surface area contributed by atoms with Gasteiger partial charge in [0.2, 0.25) is 0 Å². The van der Waals surface area contributed by atoms with E-state index in [2.05, 4.69) is 35.1 Å². The van der Waals surface area contributed by atoms with Crippen molar-refractivity contribution in [2.45, 2.75) is 46.0 Å². The van der Waals surface area contributed by atoms with E-state index in [0.29, 0.717) is 16.0 Å². The third-order valence-corrected chi connectivity index (χ3v) is 4.92. The SMILES string of the molecule is CC(C)CC1(CNC(=O)c2ccc(F)c(Br)c2)CCCC1. The minimum atomic E-state index is -0.348. The number of hydrogen-bond donors (Lipinski definition) is 1. The van der Waals surface area contributed by atoms with Gasteiger partial charge in [0.05, 0.1) is 4.47 Å². The Balaban J connectivity index is 2.00. The number of carbonyl (C=O) groups excluding carboxylic acids is 1. The summed E-state index contributed by atoms with van der Waals surface area (Å²) in [6, 6.07) is 4.38. The van der Waals surface area contributed by atoms with E-state index in [1.807, 2.05) is 0 Å². The Labute approximate surface area is 134 Å². The molecule has 0 bridgehead atoms. The van der Waals surface area contributed by atoms with E-state index in [4.69, 9.17) is 0 Å². The maximum atomic E-state index is 13.2. The number of benzene rings is 1. The molecule has 0 spiro atoms. The molecule has 0 saturated heterocycles. The highest BCUT2D eigenvalue weighted by Gasteiger charge is 2.34. The standard InChI is InChI=1S/C17H23BrFNO/c1-12(2)10-17(7-3-4-8-17)11-20-16(21)13-5-6-15(19)14(18)9-13/h5-6,9,12H,3-4,7-8,10-11H2,1-2H3,(H,20,21). The molecule has 1 N–H and O–H groups in total. The summed E-state index contributed by atoms with van der Waals surface area (Å²) in [4.78, 5) is 12.2. The molecule has 21 heavy (non-hydrogen) atoms. The quantitative estimate of drug-likeness (QED) is 0.797. The van der Waals surface area contributed by atoms with Crippen LogP contribution in [-0.2, 0) is 0 Å². The van der Waals surface area contributed by atoms with Gasteiger partial charge in [0, 0.05) is 12.1 Å². The van der Waals surface area contributed by atoms with E-state index in [0.717, 1.165) is 13.0 Å². The van der Waals surface area contributed by atoms with Crippen LogP contribution in [0.15, 0.2) is 22.7 Å². The van der Waals surface area contributed by atoms with Crippen molar-refractivity contribution in [2.75, 3.05) is 6.54 Å². The van der Waals surface area contributed by atoms with Crippen molar-refractivity contribution in [1.29, 1.82) is 0 Å². The fourth-order valence-corrected chi connectivity index (χ4v) is 3.83. The zero-order chi connectivity index (χ0) is 15.5. The first-order valence-corrected chi connectivity index (χ1v) is 8.44. The van der Waals surface area contributed by atoms with Crippen LogP contribution in [0.2, 0.25) is 0 Å². The normalized spacial score (nSPS) is 17.2. The van der Waals surface area contributed by atoms with Crippen LogP contribution in [-0.4, -0.2) is 12.5 Å². The van der Waals surface area contributed by atoms with Gasteiger partial charge in [-0.3, -0.25) is 4.79 Å². The first-order valence-electron chi connectivity index (χ1n) is 7.65. The molecule has 1 saturated carbocycles. The second kappa shape index (κ2) is 6.91. The summed E-state index contributed by atoms with van der Waals surface area (Å²) < 4.78 is 13.5. The number of carbonyl (C=O) groups is 1. The predicted molar refractivity (Wildman–Crippen MR) is 86.8 cm³/mol. The predicted octanol–water partition coefficient (Wildman–Crippen LogP) is 4.92. The van der Waals surface area contributed by atoms with Gasteiger partial charge in [0.1, 0.15) is 5.82 Å². The lowest BCUT2D eigenvalue weighted by atomic mass is 9.78. The molecule has 2 rings (SSSR count). The molecule has 0 aliphatic heterocycles. The van der Waals surface area contributed by atoms with Crippen molar-refractivity contribution >= 4 is 21.8 Å². The van der Waals surface area contributed by atoms with Gasteiger partial charge in [0.15, 0.2) is 0 Å². The number of halogens is 2. The molecular weight excluding hydrogens is 333 g/mol. The van der Waals surface area contributed by atoms with Crippen LogP contribution in [0, 0.1) is 17.2 Å². The minimum absolute atomic E-state index is 0.120. The fourth-order valence-electron chi connectivity index (χ4n) is 3.45. The zero-order valence-electron chi connectivity index (χ0n) is 12.7. The van der Waals surface area contributed by atoms with Crippen LogP contribution < -0.4 is 5.32 Å². The summed E-state index contributed by atoms with van der Waals surface area (Å²) in [5, 5.41) is 3.05. The Morgan fingerprint density at radius 2 is 2.05 bits per heavy atom. The van der Waals surface area contributed by atoms with E-state index >= 15 is 0 Å². The van der Waals surface area contributed by atoms with Gasteiger partial charge in [0.25, 0.3) is 5.91 Å². The monoisotopic (exact) mass is 355 g/mol. The molecule has 2 nitrogen and oxygen atoms in total. The number of nitrogens with one attached hydrogen (secondary N) is 1. The fraction of sp³-hybridized carbons (Fsp3) is 0.588. The third-order valence-electron chi connectivity index (χ3n) is 4.31. The highest BCUT2D eigenvalue weighted by atomic mass is 79.9. The van der Waals surface area contributed by atoms with Crippen LogP contribution in [0.5, 0.6) is 0 Å². The van der Waals surface area contributed by atoms with Crippen LogP contribution in [0.4, 0.5) is 4.39 Å². The van der Waals surface area contributed by atoms with Gasteiger partial charge in [-0.25, -0.2) is 4.39 Å². The van der Waals surface area contributed by atoms with E-state index in [1.54, 1.807) is 0 Å². The molecule has 1 aliphatic carbocycles. The molecule has 1 amide bonds. The van der Waals surface area contributed by atoms with Crippen molar-refractivity contribution in [2.24, 2.45) is 11.3 Å². The van der Waals surface area contributed by atoms with Crippen LogP contribution >= 0.6 is 15.9 Å². The summed E-state index contributed by atoms with van der Waals surface area (Å²) in [6.45, 7) is 5.19. The first kappa shape index (κ1) is 16.5. The lowest BCUT2D eigenvalue weighted by Crippen LogP contribution is -2.36. The average molecular weight is 356 g/mol. The Bertz CT molecular complexity index is 510. The van der Waals surface area contributed by atoms with Crippen molar-refractivity contribution in [3.63, 3.8) is 0 Å². The molecule has 4 heteroatoms. The van der Waals surface area contributed by atoms with E-state index in [-0.39, 0.29) is 17.1 Å². The minimum Gasteiger partial charge on any atom is -0.351 e. The number of rotatable bonds is 5. The van der Waals surface area contributed by atoms with Crippen molar-refractivity contribution in [3.05, 3.63) is 34.1 Å². The Hall–Kier alpha value is -0.900. The van der Waals surface area contributed by atoms with Crippen molar-refractivity contribution in [3.8, 4) is 0 Å². The smallest absolute Gasteiger partial charge is 0.251 e. The van der Waals surface area contributed by atoms with E-state index in [9.17, 15) is 9.18 Å². The molecule has 0 atom stereocenters. The van der Waals surface area contributed by atoms with E-state index in [1.165, 1.54) is 43.9 Å². The highest BCUT2D eigenvalue weighted by molar-refractivity contribution is 9.10. The van der Waals surface area contributed by atoms with Crippen molar-refractivity contribution in [1.82, 2.24) is 5.32 Å². The number of amides is 1. The first-order chi connectivity index (χ1) is 9.92. The third kappa shape index (κ3) is 4.29. The summed E-state index contributed by atoms with van der Waals surface area (Å²) in [7, 11) is 0. The van der Waals surface area contributed by atoms with Gasteiger partial charge in [-0.1, -0.05) is 26.7 Å². The van der Waals surface area contributed by atoms with Crippen LogP contribution in [0.3, 0.4) is 0 Å². The topological polar surface area (TPSA) is 29.1 Å². The molecule has 0 unspecified atom stereocenters. The second-order valence-electron chi connectivity index (χ2n) is 6.62. The van der Waals surface area contributed by atoms with Gasteiger partial charge in [-0.2, -0.15) is 0 Å². The molecular formula is C17H23BrFNO. The van der Waals surface area contributed by atoms with Crippen LogP contribution in [0.25, 0.3) is 0 Å². The zero-order valence-corrected chi connectivity index (χ0v) is 14.3. The Kier molecular flexibility index (Phi) is 5.42. The number of hydrogen-bond acceptors (Lipinski definition) is 1. The highest BCUT2D eigenvalue weighted by Crippen LogP contribution is 2.42. The molecule has 116 valence electrons. The average Bonchev–Trinajstić information content (AvgIpc) is 2.87. The maximum absolute atomic E-state index is 13.2. The molecule has 0 radical (unpaired) electrons. The molecule has 1 aromatic rings. The molecule has 1 aromatic carbocycles. The second-order valence-corrected chi connectivity index (χ2v) is 7.47. The molecule has 0 aromatic heterocycles. The van der Waals surface area contributed by atoms with Gasteiger partial charge >= 0.3 is 0 Å². The lowest BCUT2D eigenvalue weighted by Gasteiger charge is -2.31. The summed E-state index contributed by atoms with van der Waals surface area (Å²) >= 11 is 3.12. The molecule has 1 aliphatic rings. The summed E-state index contributed by atoms with van der Waals surface area (Å²) in [6.07, 6.45) is 6.05.